The zero-order chi connectivity index (χ0) is 18.0. The summed E-state index contributed by atoms with van der Waals surface area (Å²) in [6.45, 7) is 5.36. The molecule has 0 fully saturated rings. The molecular formula is C20H21NO4. The minimum Gasteiger partial charge on any atom is -0.476 e. The van der Waals surface area contributed by atoms with Crippen LogP contribution >= 0.6 is 0 Å². The monoisotopic (exact) mass is 339 g/mol. The van der Waals surface area contributed by atoms with E-state index in [1.807, 2.05) is 55.5 Å². The topological polar surface area (TPSA) is 55.8 Å². The van der Waals surface area contributed by atoms with Gasteiger partial charge in [0.2, 0.25) is 0 Å². The average Bonchev–Trinajstić information content (AvgIpc) is 2.59. The van der Waals surface area contributed by atoms with Crippen LogP contribution in [0.5, 0.6) is 5.75 Å². The van der Waals surface area contributed by atoms with Gasteiger partial charge in [0.25, 0.3) is 5.91 Å². The van der Waals surface area contributed by atoms with Gasteiger partial charge in [0.05, 0.1) is 5.69 Å². The van der Waals surface area contributed by atoms with Crippen molar-refractivity contribution in [2.45, 2.75) is 33.0 Å². The summed E-state index contributed by atoms with van der Waals surface area (Å²) in [4.78, 5) is 26.4. The lowest BCUT2D eigenvalue weighted by Gasteiger charge is -2.38. The average molecular weight is 339 g/mol. The summed E-state index contributed by atoms with van der Waals surface area (Å²) in [5, 5.41) is 0. The number of hydrogen-bond donors (Lipinski definition) is 0. The molecule has 1 heterocycles. The van der Waals surface area contributed by atoms with Crippen LogP contribution in [-0.2, 0) is 20.9 Å². The Morgan fingerprint density at radius 3 is 2.60 bits per heavy atom. The SMILES string of the molecule is Cc1ccc2c(c1)N(CC(=O)OCc1ccccc1)C(=O)C(C)(C)O2. The van der Waals surface area contributed by atoms with Crippen LogP contribution in [0.15, 0.2) is 48.5 Å². The molecule has 0 aliphatic carbocycles. The van der Waals surface area contributed by atoms with E-state index < -0.39 is 11.6 Å². The third kappa shape index (κ3) is 3.65. The second-order valence-corrected chi connectivity index (χ2v) is 6.62. The van der Waals surface area contributed by atoms with Crippen molar-refractivity contribution in [2.24, 2.45) is 0 Å². The second-order valence-electron chi connectivity index (χ2n) is 6.62. The van der Waals surface area contributed by atoms with Crippen LogP contribution in [0.1, 0.15) is 25.0 Å². The Morgan fingerprint density at radius 1 is 1.16 bits per heavy atom. The standard InChI is InChI=1S/C20H21NO4/c1-14-9-10-17-16(11-14)21(19(23)20(2,3)25-17)12-18(22)24-13-15-7-5-4-6-8-15/h4-11H,12-13H2,1-3H3. The van der Waals surface area contributed by atoms with Crippen LogP contribution in [0, 0.1) is 6.92 Å². The summed E-state index contributed by atoms with van der Waals surface area (Å²) in [5.41, 5.74) is 1.46. The highest BCUT2D eigenvalue weighted by Gasteiger charge is 2.41. The van der Waals surface area contributed by atoms with E-state index in [-0.39, 0.29) is 19.1 Å². The smallest absolute Gasteiger partial charge is 0.326 e. The molecule has 25 heavy (non-hydrogen) atoms. The molecule has 0 unspecified atom stereocenters. The van der Waals surface area contributed by atoms with Gasteiger partial charge in [-0.05, 0) is 44.0 Å². The molecular weight excluding hydrogens is 318 g/mol. The molecule has 1 aliphatic heterocycles. The van der Waals surface area contributed by atoms with Gasteiger partial charge < -0.3 is 9.47 Å². The highest BCUT2D eigenvalue weighted by atomic mass is 16.5. The van der Waals surface area contributed by atoms with Crippen molar-refractivity contribution >= 4 is 17.6 Å². The van der Waals surface area contributed by atoms with Crippen LogP contribution in [0.2, 0.25) is 0 Å². The fraction of sp³-hybridized carbons (Fsp3) is 0.300. The number of carbonyl (C=O) groups is 2. The van der Waals surface area contributed by atoms with Gasteiger partial charge in [0, 0.05) is 0 Å². The summed E-state index contributed by atoms with van der Waals surface area (Å²) >= 11 is 0. The first-order chi connectivity index (χ1) is 11.9. The predicted octanol–water partition coefficient (Wildman–Crippen LogP) is 3.24. The van der Waals surface area contributed by atoms with Crippen molar-refractivity contribution in [1.29, 1.82) is 0 Å². The van der Waals surface area contributed by atoms with Crippen molar-refractivity contribution < 1.29 is 19.1 Å². The molecule has 0 aromatic heterocycles. The molecule has 2 aromatic rings. The van der Waals surface area contributed by atoms with E-state index in [4.69, 9.17) is 9.47 Å². The third-order valence-corrected chi connectivity index (χ3v) is 4.06. The normalized spacial score (nSPS) is 15.3. The number of rotatable bonds is 4. The van der Waals surface area contributed by atoms with Crippen LogP contribution < -0.4 is 9.64 Å². The highest BCUT2D eigenvalue weighted by Crippen LogP contribution is 2.38. The lowest BCUT2D eigenvalue weighted by Crippen LogP contribution is -2.54. The molecule has 0 bridgehead atoms. The molecule has 5 heteroatoms. The Hall–Kier alpha value is -2.82. The molecule has 1 amide bonds. The Kier molecular flexibility index (Phi) is 4.49. The minimum atomic E-state index is -1.03. The number of esters is 1. The molecule has 3 rings (SSSR count). The Morgan fingerprint density at radius 2 is 1.88 bits per heavy atom. The number of benzene rings is 2. The lowest BCUT2D eigenvalue weighted by molar-refractivity contribution is -0.145. The van der Waals surface area contributed by atoms with Crippen molar-refractivity contribution in [2.75, 3.05) is 11.4 Å². The molecule has 5 nitrogen and oxygen atoms in total. The van der Waals surface area contributed by atoms with E-state index in [9.17, 15) is 9.59 Å². The van der Waals surface area contributed by atoms with E-state index >= 15 is 0 Å². The van der Waals surface area contributed by atoms with Gasteiger partial charge in [-0.1, -0.05) is 36.4 Å². The Labute approximate surface area is 147 Å². The fourth-order valence-corrected chi connectivity index (χ4v) is 2.75. The first-order valence-corrected chi connectivity index (χ1v) is 8.18. The van der Waals surface area contributed by atoms with Gasteiger partial charge in [-0.3, -0.25) is 14.5 Å². The van der Waals surface area contributed by atoms with Gasteiger partial charge in [0.1, 0.15) is 18.9 Å². The van der Waals surface area contributed by atoms with Crippen molar-refractivity contribution in [3.05, 3.63) is 59.7 Å². The van der Waals surface area contributed by atoms with Crippen molar-refractivity contribution in [1.82, 2.24) is 0 Å². The summed E-state index contributed by atoms with van der Waals surface area (Å²) in [5.74, 6) is -0.129. The van der Waals surface area contributed by atoms with Crippen molar-refractivity contribution in [3.8, 4) is 5.75 Å². The molecule has 0 saturated heterocycles. The molecule has 2 aromatic carbocycles. The van der Waals surface area contributed by atoms with Crippen LogP contribution in [-0.4, -0.2) is 24.0 Å². The number of anilines is 1. The maximum absolute atomic E-state index is 12.7. The van der Waals surface area contributed by atoms with E-state index in [1.165, 1.54) is 4.90 Å². The first kappa shape index (κ1) is 17.0. The first-order valence-electron chi connectivity index (χ1n) is 8.18. The molecule has 0 atom stereocenters. The molecule has 0 N–H and O–H groups in total. The number of nitrogens with zero attached hydrogens (tertiary/aromatic N) is 1. The largest absolute Gasteiger partial charge is 0.476 e. The maximum atomic E-state index is 12.7. The number of ether oxygens (including phenoxy) is 2. The third-order valence-electron chi connectivity index (χ3n) is 4.06. The fourth-order valence-electron chi connectivity index (χ4n) is 2.75. The van der Waals surface area contributed by atoms with Crippen LogP contribution in [0.25, 0.3) is 0 Å². The van der Waals surface area contributed by atoms with Gasteiger partial charge in [-0.2, -0.15) is 0 Å². The zero-order valence-electron chi connectivity index (χ0n) is 14.6. The second kappa shape index (κ2) is 6.59. The summed E-state index contributed by atoms with van der Waals surface area (Å²) < 4.78 is 11.1. The van der Waals surface area contributed by atoms with E-state index in [0.29, 0.717) is 11.4 Å². The van der Waals surface area contributed by atoms with E-state index in [1.54, 1.807) is 13.8 Å². The summed E-state index contributed by atoms with van der Waals surface area (Å²) in [6, 6.07) is 15.0. The predicted molar refractivity (Wildman–Crippen MR) is 94.5 cm³/mol. The molecule has 0 radical (unpaired) electrons. The summed E-state index contributed by atoms with van der Waals surface area (Å²) in [7, 11) is 0. The van der Waals surface area contributed by atoms with Gasteiger partial charge in [-0.25, -0.2) is 0 Å². The lowest BCUT2D eigenvalue weighted by atomic mass is 10.0. The minimum absolute atomic E-state index is 0.144. The quantitative estimate of drug-likeness (QED) is 0.803. The van der Waals surface area contributed by atoms with Gasteiger partial charge in [0.15, 0.2) is 5.60 Å². The Balaban J connectivity index is 1.77. The van der Waals surface area contributed by atoms with E-state index in [0.717, 1.165) is 11.1 Å². The molecule has 0 spiro atoms. The number of amides is 1. The number of fused-ring (bicyclic) bond motifs is 1. The van der Waals surface area contributed by atoms with Crippen LogP contribution in [0.3, 0.4) is 0 Å². The van der Waals surface area contributed by atoms with Crippen molar-refractivity contribution in [3.63, 3.8) is 0 Å². The number of aryl methyl sites for hydroxylation is 1. The van der Waals surface area contributed by atoms with Gasteiger partial charge >= 0.3 is 5.97 Å². The summed E-state index contributed by atoms with van der Waals surface area (Å²) in [6.07, 6.45) is 0. The highest BCUT2D eigenvalue weighted by molar-refractivity contribution is 6.05. The number of carbonyl (C=O) groups excluding carboxylic acids is 2. The van der Waals surface area contributed by atoms with Crippen LogP contribution in [0.4, 0.5) is 5.69 Å². The zero-order valence-corrected chi connectivity index (χ0v) is 14.6. The van der Waals surface area contributed by atoms with Gasteiger partial charge in [-0.15, -0.1) is 0 Å². The number of hydrogen-bond acceptors (Lipinski definition) is 4. The molecule has 0 saturated carbocycles. The molecule has 130 valence electrons. The maximum Gasteiger partial charge on any atom is 0.326 e. The molecule has 1 aliphatic rings. The Bertz CT molecular complexity index is 799. The van der Waals surface area contributed by atoms with E-state index in [2.05, 4.69) is 0 Å².